The van der Waals surface area contributed by atoms with Crippen LogP contribution in [-0.4, -0.2) is 29.1 Å². The summed E-state index contributed by atoms with van der Waals surface area (Å²) in [6, 6.07) is 14.4. The maximum absolute atomic E-state index is 12.8. The zero-order chi connectivity index (χ0) is 18.4. The number of anilines is 1. The molecule has 0 aromatic heterocycles. The molecule has 25 heavy (non-hydrogen) atoms. The van der Waals surface area contributed by atoms with E-state index >= 15 is 0 Å². The number of amides is 2. The van der Waals surface area contributed by atoms with Crippen molar-refractivity contribution in [2.24, 2.45) is 0 Å². The molecule has 0 aliphatic heterocycles. The molecular weight excluding hydrogens is 323 g/mol. The summed E-state index contributed by atoms with van der Waals surface area (Å²) in [7, 11) is 0. The normalized spacial score (nSPS) is 14.2. The lowest BCUT2D eigenvalue weighted by Crippen LogP contribution is -2.49. The molecule has 2 amide bonds. The Kier molecular flexibility index (Phi) is 5.88. The number of rotatable bonds is 6. The Labute approximate surface area is 145 Å². The summed E-state index contributed by atoms with van der Waals surface area (Å²) in [4.78, 5) is 24.2. The van der Waals surface area contributed by atoms with E-state index in [4.69, 9.17) is 0 Å². The molecule has 3 N–H and O–H groups in total. The highest BCUT2D eigenvalue weighted by Crippen LogP contribution is 2.27. The second kappa shape index (κ2) is 7.90. The Hall–Kier alpha value is -2.73. The third-order valence-corrected chi connectivity index (χ3v) is 4.14. The monoisotopic (exact) mass is 344 g/mol. The zero-order valence-corrected chi connectivity index (χ0v) is 14.1. The number of hydrogen-bond acceptors (Lipinski definition) is 3. The molecule has 0 aliphatic rings. The van der Waals surface area contributed by atoms with Gasteiger partial charge in [-0.2, -0.15) is 0 Å². The molecule has 2 atom stereocenters. The second-order valence-corrected chi connectivity index (χ2v) is 6.02. The number of carbonyl (C=O) groups excluding carboxylic acids is 2. The minimum absolute atomic E-state index is 0.298. The van der Waals surface area contributed by atoms with Crippen molar-refractivity contribution in [3.05, 3.63) is 66.0 Å². The molecule has 2 aromatic rings. The van der Waals surface area contributed by atoms with Crippen LogP contribution in [0, 0.1) is 5.82 Å². The van der Waals surface area contributed by atoms with Crippen LogP contribution >= 0.6 is 0 Å². The first-order chi connectivity index (χ1) is 11.8. The van der Waals surface area contributed by atoms with Crippen molar-refractivity contribution in [1.29, 1.82) is 0 Å². The zero-order valence-electron chi connectivity index (χ0n) is 14.1. The molecule has 0 heterocycles. The standard InChI is InChI=1S/C19H21FN2O3/c1-13(14-6-4-3-5-7-14)19(2,25)18(24)21-12-17(23)22-16-10-8-15(20)9-11-16/h3-11,13,25H,12H2,1-2H3,(H,21,24)(H,22,23)/t13-,19+/m0/s1. The molecule has 0 saturated carbocycles. The largest absolute Gasteiger partial charge is 0.380 e. The van der Waals surface area contributed by atoms with Gasteiger partial charge in [0.25, 0.3) is 5.91 Å². The molecule has 0 radical (unpaired) electrons. The van der Waals surface area contributed by atoms with Gasteiger partial charge in [0, 0.05) is 11.6 Å². The fourth-order valence-electron chi connectivity index (χ4n) is 2.34. The molecule has 0 unspecified atom stereocenters. The number of hydrogen-bond donors (Lipinski definition) is 3. The third-order valence-electron chi connectivity index (χ3n) is 4.14. The van der Waals surface area contributed by atoms with Crippen LogP contribution in [0.15, 0.2) is 54.6 Å². The van der Waals surface area contributed by atoms with Gasteiger partial charge in [0.1, 0.15) is 11.4 Å². The van der Waals surface area contributed by atoms with Gasteiger partial charge in [0.2, 0.25) is 5.91 Å². The summed E-state index contributed by atoms with van der Waals surface area (Å²) in [6.07, 6.45) is 0. The highest BCUT2D eigenvalue weighted by molar-refractivity contribution is 5.96. The summed E-state index contributed by atoms with van der Waals surface area (Å²) < 4.78 is 12.8. The van der Waals surface area contributed by atoms with E-state index in [0.717, 1.165) is 5.56 Å². The lowest BCUT2D eigenvalue weighted by atomic mass is 9.84. The Morgan fingerprint density at radius 1 is 1.12 bits per heavy atom. The molecule has 2 aromatic carbocycles. The van der Waals surface area contributed by atoms with Crippen LogP contribution < -0.4 is 10.6 Å². The number of benzene rings is 2. The average molecular weight is 344 g/mol. The van der Waals surface area contributed by atoms with E-state index in [2.05, 4.69) is 10.6 Å². The summed E-state index contributed by atoms with van der Waals surface area (Å²) >= 11 is 0. The molecule has 0 saturated heterocycles. The Morgan fingerprint density at radius 3 is 2.32 bits per heavy atom. The van der Waals surface area contributed by atoms with Gasteiger partial charge in [-0.05, 0) is 36.8 Å². The first kappa shape index (κ1) is 18.6. The van der Waals surface area contributed by atoms with Crippen molar-refractivity contribution in [3.8, 4) is 0 Å². The van der Waals surface area contributed by atoms with Gasteiger partial charge in [0.15, 0.2) is 0 Å². The molecule has 0 aliphatic carbocycles. The molecule has 5 nitrogen and oxygen atoms in total. The minimum Gasteiger partial charge on any atom is -0.380 e. The van der Waals surface area contributed by atoms with E-state index in [0.29, 0.717) is 5.69 Å². The summed E-state index contributed by atoms with van der Waals surface area (Å²) in [5, 5.41) is 15.5. The lowest BCUT2D eigenvalue weighted by Gasteiger charge is -2.29. The highest BCUT2D eigenvalue weighted by atomic mass is 19.1. The lowest BCUT2D eigenvalue weighted by molar-refractivity contribution is -0.140. The molecule has 0 fully saturated rings. The van der Waals surface area contributed by atoms with Gasteiger partial charge in [-0.3, -0.25) is 9.59 Å². The Bertz CT molecular complexity index is 730. The molecule has 2 rings (SSSR count). The highest BCUT2D eigenvalue weighted by Gasteiger charge is 2.37. The maximum atomic E-state index is 12.8. The van der Waals surface area contributed by atoms with Crippen LogP contribution in [0.1, 0.15) is 25.3 Å². The predicted octanol–water partition coefficient (Wildman–Crippen LogP) is 2.44. The van der Waals surface area contributed by atoms with Crippen LogP contribution in [0.5, 0.6) is 0 Å². The predicted molar refractivity (Wildman–Crippen MR) is 93.5 cm³/mol. The molecule has 6 heteroatoms. The van der Waals surface area contributed by atoms with E-state index in [9.17, 15) is 19.1 Å². The Balaban J connectivity index is 1.91. The number of nitrogens with one attached hydrogen (secondary N) is 2. The van der Waals surface area contributed by atoms with Crippen molar-refractivity contribution in [2.75, 3.05) is 11.9 Å². The van der Waals surface area contributed by atoms with E-state index in [-0.39, 0.29) is 6.54 Å². The van der Waals surface area contributed by atoms with Crippen LogP contribution in [0.4, 0.5) is 10.1 Å². The minimum atomic E-state index is -1.67. The van der Waals surface area contributed by atoms with Crippen molar-refractivity contribution < 1.29 is 19.1 Å². The quantitative estimate of drug-likeness (QED) is 0.753. The van der Waals surface area contributed by atoms with E-state index in [1.54, 1.807) is 6.92 Å². The summed E-state index contributed by atoms with van der Waals surface area (Å²) in [6.45, 7) is 2.86. The first-order valence-corrected chi connectivity index (χ1v) is 7.91. The van der Waals surface area contributed by atoms with Crippen LogP contribution in [0.25, 0.3) is 0 Å². The molecular formula is C19H21FN2O3. The number of halogens is 1. The van der Waals surface area contributed by atoms with Crippen LogP contribution in [0.3, 0.4) is 0 Å². The fraction of sp³-hybridized carbons (Fsp3) is 0.263. The summed E-state index contributed by atoms with van der Waals surface area (Å²) in [5.74, 6) is -1.97. The van der Waals surface area contributed by atoms with Gasteiger partial charge >= 0.3 is 0 Å². The fourth-order valence-corrected chi connectivity index (χ4v) is 2.34. The van der Waals surface area contributed by atoms with Crippen molar-refractivity contribution in [3.63, 3.8) is 0 Å². The van der Waals surface area contributed by atoms with Crippen molar-refractivity contribution in [2.45, 2.75) is 25.4 Å². The van der Waals surface area contributed by atoms with Gasteiger partial charge in [0.05, 0.1) is 6.54 Å². The van der Waals surface area contributed by atoms with Gasteiger partial charge < -0.3 is 15.7 Å². The van der Waals surface area contributed by atoms with Crippen LogP contribution in [-0.2, 0) is 9.59 Å². The molecule has 0 spiro atoms. The molecule has 0 bridgehead atoms. The molecule has 132 valence electrons. The third kappa shape index (κ3) is 4.87. The van der Waals surface area contributed by atoms with Gasteiger partial charge in [-0.1, -0.05) is 37.3 Å². The van der Waals surface area contributed by atoms with E-state index in [1.807, 2.05) is 30.3 Å². The van der Waals surface area contributed by atoms with Gasteiger partial charge in [-0.25, -0.2) is 4.39 Å². The number of carbonyl (C=O) groups is 2. The van der Waals surface area contributed by atoms with Gasteiger partial charge in [-0.15, -0.1) is 0 Å². The number of aliphatic hydroxyl groups is 1. The van der Waals surface area contributed by atoms with E-state index in [1.165, 1.54) is 31.2 Å². The van der Waals surface area contributed by atoms with E-state index < -0.39 is 29.2 Å². The summed E-state index contributed by atoms with van der Waals surface area (Å²) in [5.41, 5.74) is -0.430. The van der Waals surface area contributed by atoms with Crippen molar-refractivity contribution in [1.82, 2.24) is 5.32 Å². The maximum Gasteiger partial charge on any atom is 0.252 e. The topological polar surface area (TPSA) is 78.4 Å². The first-order valence-electron chi connectivity index (χ1n) is 7.91. The SMILES string of the molecule is C[C@@H](c1ccccc1)[C@@](C)(O)C(=O)NCC(=O)Nc1ccc(F)cc1. The van der Waals surface area contributed by atoms with Crippen molar-refractivity contribution >= 4 is 17.5 Å². The Morgan fingerprint density at radius 2 is 1.72 bits per heavy atom. The average Bonchev–Trinajstić information content (AvgIpc) is 2.61. The smallest absolute Gasteiger partial charge is 0.252 e. The van der Waals surface area contributed by atoms with Crippen LogP contribution in [0.2, 0.25) is 0 Å². The second-order valence-electron chi connectivity index (χ2n) is 6.02.